The summed E-state index contributed by atoms with van der Waals surface area (Å²) in [5, 5.41) is 14.8. The maximum Gasteiger partial charge on any atom is 0.405 e. The van der Waals surface area contributed by atoms with E-state index in [-0.39, 0.29) is 29.8 Å². The number of carboxylic acid groups (broad SMARTS) is 1. The van der Waals surface area contributed by atoms with Gasteiger partial charge in [0.1, 0.15) is 17.7 Å². The smallest absolute Gasteiger partial charge is 0.405 e. The molecule has 0 saturated carbocycles. The van der Waals surface area contributed by atoms with Crippen molar-refractivity contribution in [3.8, 4) is 33.6 Å². The van der Waals surface area contributed by atoms with E-state index in [1.54, 1.807) is 11.1 Å². The van der Waals surface area contributed by atoms with Gasteiger partial charge in [-0.25, -0.2) is 14.8 Å². The maximum atomic E-state index is 13.3. The number of H-pyrrole nitrogens is 2. The summed E-state index contributed by atoms with van der Waals surface area (Å²) in [6, 6.07) is 15.6. The number of rotatable bonds is 11. The molecule has 2 saturated heterocycles. The first-order chi connectivity index (χ1) is 23.2. The molecule has 0 aliphatic carbocycles. The lowest BCUT2D eigenvalue weighted by Gasteiger charge is -2.29. The molecule has 0 bridgehead atoms. The van der Waals surface area contributed by atoms with Gasteiger partial charge in [-0.1, -0.05) is 69.3 Å². The Hall–Kier alpha value is -4.97. The van der Waals surface area contributed by atoms with Crippen LogP contribution in [0, 0.1) is 5.92 Å². The minimum Gasteiger partial charge on any atom is -0.465 e. The third kappa shape index (κ3) is 6.98. The van der Waals surface area contributed by atoms with Crippen molar-refractivity contribution in [3.63, 3.8) is 0 Å². The predicted molar refractivity (Wildman–Crippen MR) is 183 cm³/mol. The standard InChI is InChI=1S/C36H44N8O4/c1-4-37-21-31(45)43-17-5-7-29(43)33-38-19-27(40-33)25-13-9-23(10-14-25)24-11-15-26(16-12-24)28-20-39-34(41-28)30-8-6-18-44(30)35(46)32(22(2)3)42-36(47)48/h9-16,19-20,22,29-30,32,37,42H,4-8,17-18,21H2,1-3H3,(H,38,40)(H,39,41)(H,47,48)/t29-,30-,32-/m0/s1. The third-order valence-electron chi connectivity index (χ3n) is 9.39. The topological polar surface area (TPSA) is 159 Å². The first-order valence-electron chi connectivity index (χ1n) is 16.8. The molecule has 0 spiro atoms. The number of imidazole rings is 2. The molecule has 2 aromatic carbocycles. The Kier molecular flexibility index (Phi) is 9.90. The summed E-state index contributed by atoms with van der Waals surface area (Å²) in [5.74, 6) is 1.25. The number of likely N-dealkylation sites (N-methyl/N-ethyl adjacent to an activating group) is 1. The second kappa shape index (κ2) is 14.4. The molecule has 3 amide bonds. The fourth-order valence-corrected chi connectivity index (χ4v) is 6.81. The van der Waals surface area contributed by atoms with Gasteiger partial charge in [-0.05, 0) is 60.4 Å². The molecule has 5 N–H and O–H groups in total. The Bertz CT molecular complexity index is 1730. The molecule has 12 heteroatoms. The lowest BCUT2D eigenvalue weighted by atomic mass is 10.0. The number of likely N-dealkylation sites (tertiary alicyclic amines) is 2. The van der Waals surface area contributed by atoms with Crippen molar-refractivity contribution in [1.82, 2.24) is 40.4 Å². The lowest BCUT2D eigenvalue weighted by molar-refractivity contribution is -0.135. The summed E-state index contributed by atoms with van der Waals surface area (Å²) < 4.78 is 0. The number of carbonyl (C=O) groups is 3. The van der Waals surface area contributed by atoms with Crippen molar-refractivity contribution in [3.05, 3.63) is 72.6 Å². The van der Waals surface area contributed by atoms with Gasteiger partial charge in [-0.2, -0.15) is 0 Å². The van der Waals surface area contributed by atoms with Crippen LogP contribution in [-0.4, -0.2) is 85.0 Å². The van der Waals surface area contributed by atoms with E-state index in [9.17, 15) is 19.5 Å². The Labute approximate surface area is 280 Å². The molecular formula is C36H44N8O4. The van der Waals surface area contributed by atoms with Gasteiger partial charge >= 0.3 is 6.09 Å². The summed E-state index contributed by atoms with van der Waals surface area (Å²) in [7, 11) is 0. The molecule has 2 aliphatic rings. The zero-order valence-corrected chi connectivity index (χ0v) is 27.7. The number of carbonyl (C=O) groups excluding carboxylic acids is 2. The van der Waals surface area contributed by atoms with Gasteiger partial charge in [-0.3, -0.25) is 9.59 Å². The zero-order valence-electron chi connectivity index (χ0n) is 27.7. The molecule has 0 unspecified atom stereocenters. The quantitative estimate of drug-likeness (QED) is 0.146. The number of aromatic nitrogens is 4. The minimum atomic E-state index is -1.20. The number of amides is 3. The van der Waals surface area contributed by atoms with Crippen molar-refractivity contribution < 1.29 is 19.5 Å². The van der Waals surface area contributed by atoms with E-state index >= 15 is 0 Å². The highest BCUT2D eigenvalue weighted by atomic mass is 16.4. The molecule has 48 heavy (non-hydrogen) atoms. The molecular weight excluding hydrogens is 608 g/mol. The molecule has 2 fully saturated rings. The van der Waals surface area contributed by atoms with Crippen LogP contribution in [0.1, 0.15) is 70.2 Å². The predicted octanol–water partition coefficient (Wildman–Crippen LogP) is 5.36. The summed E-state index contributed by atoms with van der Waals surface area (Å²) in [6.45, 7) is 8.11. The van der Waals surface area contributed by atoms with E-state index in [2.05, 4.69) is 79.1 Å². The van der Waals surface area contributed by atoms with Crippen LogP contribution in [0.15, 0.2) is 60.9 Å². The highest BCUT2D eigenvalue weighted by Crippen LogP contribution is 2.34. The number of nitrogens with zero attached hydrogens (tertiary/aromatic N) is 4. The average molecular weight is 653 g/mol. The molecule has 4 aromatic rings. The van der Waals surface area contributed by atoms with Crippen LogP contribution in [-0.2, 0) is 9.59 Å². The van der Waals surface area contributed by atoms with E-state index in [0.717, 1.165) is 78.2 Å². The first kappa shape index (κ1) is 33.0. The number of aromatic amines is 2. The summed E-state index contributed by atoms with van der Waals surface area (Å²) in [4.78, 5) is 57.1. The summed E-state index contributed by atoms with van der Waals surface area (Å²) in [6.07, 6.45) is 5.91. The van der Waals surface area contributed by atoms with Gasteiger partial charge in [0.05, 0.1) is 42.4 Å². The lowest BCUT2D eigenvalue weighted by Crippen LogP contribution is -2.50. The van der Waals surface area contributed by atoms with Crippen molar-refractivity contribution in [2.45, 2.75) is 64.6 Å². The van der Waals surface area contributed by atoms with Gasteiger partial charge in [0.15, 0.2) is 0 Å². The van der Waals surface area contributed by atoms with Crippen molar-refractivity contribution in [2.24, 2.45) is 5.92 Å². The Balaban J connectivity index is 1.11. The molecule has 2 aliphatic heterocycles. The highest BCUT2D eigenvalue weighted by Gasteiger charge is 2.37. The largest absolute Gasteiger partial charge is 0.465 e. The van der Waals surface area contributed by atoms with Crippen LogP contribution in [0.4, 0.5) is 4.79 Å². The first-order valence-corrected chi connectivity index (χ1v) is 16.8. The van der Waals surface area contributed by atoms with Gasteiger partial charge < -0.3 is 35.5 Å². The molecule has 4 heterocycles. The SMILES string of the molecule is CCNCC(=O)N1CCC[C@H]1c1ncc(-c2ccc(-c3ccc(-c4cnc([C@@H]5CCCN5C(=O)[C@@H](NC(=O)O)C(C)C)[nH]4)cc3)cc2)[nH]1. The number of hydrogen-bond donors (Lipinski definition) is 5. The fraction of sp³-hybridized carbons (Fsp3) is 0.417. The molecule has 3 atom stereocenters. The van der Waals surface area contributed by atoms with Crippen LogP contribution in [0.3, 0.4) is 0 Å². The van der Waals surface area contributed by atoms with Gasteiger partial charge in [0.25, 0.3) is 0 Å². The van der Waals surface area contributed by atoms with Crippen molar-refractivity contribution in [2.75, 3.05) is 26.2 Å². The van der Waals surface area contributed by atoms with Crippen LogP contribution in [0.25, 0.3) is 33.6 Å². The molecule has 252 valence electrons. The summed E-state index contributed by atoms with van der Waals surface area (Å²) >= 11 is 0. The van der Waals surface area contributed by atoms with E-state index in [0.29, 0.717) is 18.9 Å². The van der Waals surface area contributed by atoms with E-state index in [1.807, 2.05) is 31.9 Å². The van der Waals surface area contributed by atoms with Crippen molar-refractivity contribution in [1.29, 1.82) is 0 Å². The molecule has 6 rings (SSSR count). The van der Waals surface area contributed by atoms with Crippen LogP contribution >= 0.6 is 0 Å². The Morgan fingerprint density at radius 3 is 1.77 bits per heavy atom. The van der Waals surface area contributed by atoms with Crippen molar-refractivity contribution >= 4 is 17.9 Å². The third-order valence-corrected chi connectivity index (χ3v) is 9.39. The fourth-order valence-electron chi connectivity index (χ4n) is 6.81. The highest BCUT2D eigenvalue weighted by molar-refractivity contribution is 5.86. The average Bonchev–Trinajstić information content (AvgIpc) is 3.92. The zero-order chi connectivity index (χ0) is 33.8. The maximum absolute atomic E-state index is 13.3. The van der Waals surface area contributed by atoms with Crippen LogP contribution < -0.4 is 10.6 Å². The number of hydrogen-bond acceptors (Lipinski definition) is 6. The van der Waals surface area contributed by atoms with Gasteiger partial charge in [0, 0.05) is 13.1 Å². The second-order valence-electron chi connectivity index (χ2n) is 12.9. The molecule has 12 nitrogen and oxygen atoms in total. The van der Waals surface area contributed by atoms with E-state index in [1.165, 1.54) is 0 Å². The summed E-state index contributed by atoms with van der Waals surface area (Å²) in [5.41, 5.74) is 5.95. The minimum absolute atomic E-state index is 0.0217. The Morgan fingerprint density at radius 1 is 0.812 bits per heavy atom. The normalized spacial score (nSPS) is 18.4. The van der Waals surface area contributed by atoms with Gasteiger partial charge in [0.2, 0.25) is 11.8 Å². The second-order valence-corrected chi connectivity index (χ2v) is 12.9. The van der Waals surface area contributed by atoms with E-state index < -0.39 is 12.1 Å². The van der Waals surface area contributed by atoms with E-state index in [4.69, 9.17) is 0 Å². The number of benzene rings is 2. The van der Waals surface area contributed by atoms with Crippen LogP contribution in [0.2, 0.25) is 0 Å². The van der Waals surface area contributed by atoms with Gasteiger partial charge in [-0.15, -0.1) is 0 Å². The molecule has 0 radical (unpaired) electrons. The van der Waals surface area contributed by atoms with Crippen LogP contribution in [0.5, 0.6) is 0 Å². The monoisotopic (exact) mass is 652 g/mol. The number of nitrogens with one attached hydrogen (secondary N) is 4. The molecule has 2 aromatic heterocycles. The Morgan fingerprint density at radius 2 is 1.29 bits per heavy atom.